The van der Waals surface area contributed by atoms with Gasteiger partial charge in [0, 0.05) is 5.02 Å². The molecule has 2 rings (SSSR count). The zero-order chi connectivity index (χ0) is 16.8. The predicted octanol–water partition coefficient (Wildman–Crippen LogP) is 4.47. The normalized spacial score (nSPS) is 11.8. The van der Waals surface area contributed by atoms with Crippen molar-refractivity contribution in [3.63, 3.8) is 0 Å². The zero-order valence-electron chi connectivity index (χ0n) is 13.7. The summed E-state index contributed by atoms with van der Waals surface area (Å²) in [5, 5.41) is 3.74. The Kier molecular flexibility index (Phi) is 6.05. The lowest BCUT2D eigenvalue weighted by atomic mass is 10.0. The first-order chi connectivity index (χ1) is 11.0. The molecule has 23 heavy (non-hydrogen) atoms. The van der Waals surface area contributed by atoms with Crippen LogP contribution in [0.1, 0.15) is 36.1 Å². The van der Waals surface area contributed by atoms with Crippen LogP contribution in [-0.2, 0) is 11.2 Å². The minimum absolute atomic E-state index is 0.00686. The van der Waals surface area contributed by atoms with Gasteiger partial charge < -0.3 is 10.1 Å². The maximum absolute atomic E-state index is 12.3. The molecular weight excluding hydrogens is 310 g/mol. The number of rotatable bonds is 6. The van der Waals surface area contributed by atoms with E-state index < -0.39 is 0 Å². The van der Waals surface area contributed by atoms with Crippen molar-refractivity contribution in [3.05, 3.63) is 64.2 Å². The number of nitrogens with one attached hydrogen (secondary N) is 1. The average Bonchev–Trinajstić information content (AvgIpc) is 2.52. The summed E-state index contributed by atoms with van der Waals surface area (Å²) in [6.45, 7) is 4.06. The third kappa shape index (κ3) is 4.73. The average molecular weight is 332 g/mol. The lowest BCUT2D eigenvalue weighted by Crippen LogP contribution is -2.29. The standard InChI is InChI=1S/C19H22ClNO2/c1-4-17(15-8-9-18(23-3)13(2)10-15)21-19(22)12-14-6-5-7-16(20)11-14/h5-11,17H,4,12H2,1-3H3,(H,21,22)/t17-/m1/s1. The van der Waals surface area contributed by atoms with Crippen LogP contribution in [0.3, 0.4) is 0 Å². The summed E-state index contributed by atoms with van der Waals surface area (Å²) in [6.07, 6.45) is 1.15. The van der Waals surface area contributed by atoms with Crippen molar-refractivity contribution in [2.45, 2.75) is 32.7 Å². The number of carbonyl (C=O) groups is 1. The highest BCUT2D eigenvalue weighted by molar-refractivity contribution is 6.30. The summed E-state index contributed by atoms with van der Waals surface area (Å²) in [4.78, 5) is 12.3. The monoisotopic (exact) mass is 331 g/mol. The Hall–Kier alpha value is -2.00. The fraction of sp³-hybridized carbons (Fsp3) is 0.316. The lowest BCUT2D eigenvalue weighted by Gasteiger charge is -2.19. The van der Waals surface area contributed by atoms with Crippen molar-refractivity contribution in [2.24, 2.45) is 0 Å². The van der Waals surface area contributed by atoms with Gasteiger partial charge in [-0.15, -0.1) is 0 Å². The molecule has 0 aliphatic carbocycles. The van der Waals surface area contributed by atoms with Crippen LogP contribution in [-0.4, -0.2) is 13.0 Å². The van der Waals surface area contributed by atoms with Gasteiger partial charge in [-0.3, -0.25) is 4.79 Å². The van der Waals surface area contributed by atoms with E-state index in [1.54, 1.807) is 13.2 Å². The third-order valence-corrected chi connectivity index (χ3v) is 4.05. The largest absolute Gasteiger partial charge is 0.496 e. The Morgan fingerprint density at radius 2 is 2.04 bits per heavy atom. The second-order valence-corrected chi connectivity index (χ2v) is 6.00. The lowest BCUT2D eigenvalue weighted by molar-refractivity contribution is -0.121. The van der Waals surface area contributed by atoms with Crippen LogP contribution in [0, 0.1) is 6.92 Å². The molecule has 122 valence electrons. The van der Waals surface area contributed by atoms with E-state index in [2.05, 4.69) is 18.3 Å². The Labute approximate surface area is 142 Å². The highest BCUT2D eigenvalue weighted by Crippen LogP contribution is 2.24. The SMILES string of the molecule is CC[C@@H](NC(=O)Cc1cccc(Cl)c1)c1ccc(OC)c(C)c1. The minimum atomic E-state index is -0.00806. The highest BCUT2D eigenvalue weighted by Gasteiger charge is 2.14. The minimum Gasteiger partial charge on any atom is -0.496 e. The number of hydrogen-bond donors (Lipinski definition) is 1. The number of amides is 1. The van der Waals surface area contributed by atoms with Crippen molar-refractivity contribution in [1.82, 2.24) is 5.32 Å². The fourth-order valence-electron chi connectivity index (χ4n) is 2.62. The number of hydrogen-bond acceptors (Lipinski definition) is 2. The van der Waals surface area contributed by atoms with Crippen molar-refractivity contribution in [1.29, 1.82) is 0 Å². The van der Waals surface area contributed by atoms with Gasteiger partial charge in [0.25, 0.3) is 0 Å². The summed E-state index contributed by atoms with van der Waals surface area (Å²) in [5.41, 5.74) is 3.06. The number of methoxy groups -OCH3 is 1. The van der Waals surface area contributed by atoms with E-state index in [1.807, 2.05) is 37.3 Å². The molecule has 0 spiro atoms. The van der Waals surface area contributed by atoms with Gasteiger partial charge in [-0.2, -0.15) is 0 Å². The molecule has 2 aromatic carbocycles. The van der Waals surface area contributed by atoms with E-state index in [0.717, 1.165) is 28.9 Å². The van der Waals surface area contributed by atoms with E-state index >= 15 is 0 Å². The molecule has 0 aromatic heterocycles. The quantitative estimate of drug-likeness (QED) is 0.848. The molecule has 1 atom stereocenters. The molecule has 0 aliphatic heterocycles. The van der Waals surface area contributed by atoms with Crippen molar-refractivity contribution in [3.8, 4) is 5.75 Å². The Morgan fingerprint density at radius 3 is 2.65 bits per heavy atom. The first-order valence-corrected chi connectivity index (χ1v) is 8.09. The van der Waals surface area contributed by atoms with Gasteiger partial charge in [-0.25, -0.2) is 0 Å². The summed E-state index contributed by atoms with van der Waals surface area (Å²) in [6, 6.07) is 13.4. The van der Waals surface area contributed by atoms with Gasteiger partial charge >= 0.3 is 0 Å². The van der Waals surface area contributed by atoms with Crippen LogP contribution in [0.15, 0.2) is 42.5 Å². The fourth-order valence-corrected chi connectivity index (χ4v) is 2.83. The molecule has 1 N–H and O–H groups in total. The van der Waals surface area contributed by atoms with Crippen LogP contribution in [0.25, 0.3) is 0 Å². The Morgan fingerprint density at radius 1 is 1.26 bits per heavy atom. The molecule has 0 fully saturated rings. The maximum Gasteiger partial charge on any atom is 0.224 e. The predicted molar refractivity (Wildman–Crippen MR) is 94.1 cm³/mol. The number of halogens is 1. The molecule has 0 heterocycles. The van der Waals surface area contributed by atoms with E-state index in [9.17, 15) is 4.79 Å². The van der Waals surface area contributed by atoms with E-state index in [4.69, 9.17) is 16.3 Å². The molecule has 0 saturated heterocycles. The first kappa shape index (κ1) is 17.4. The second kappa shape index (κ2) is 8.02. The second-order valence-electron chi connectivity index (χ2n) is 5.56. The Bertz CT molecular complexity index is 685. The van der Waals surface area contributed by atoms with Gasteiger partial charge in [0.15, 0.2) is 0 Å². The maximum atomic E-state index is 12.3. The molecule has 0 bridgehead atoms. The van der Waals surface area contributed by atoms with Crippen molar-refractivity contribution >= 4 is 17.5 Å². The van der Waals surface area contributed by atoms with Crippen molar-refractivity contribution < 1.29 is 9.53 Å². The van der Waals surface area contributed by atoms with E-state index in [-0.39, 0.29) is 11.9 Å². The zero-order valence-corrected chi connectivity index (χ0v) is 14.5. The molecule has 4 heteroatoms. The molecular formula is C19H22ClNO2. The number of carbonyl (C=O) groups excluding carboxylic acids is 1. The van der Waals surface area contributed by atoms with Crippen LogP contribution in [0.4, 0.5) is 0 Å². The molecule has 3 nitrogen and oxygen atoms in total. The van der Waals surface area contributed by atoms with Gasteiger partial charge in [0.1, 0.15) is 5.75 Å². The molecule has 0 radical (unpaired) electrons. The highest BCUT2D eigenvalue weighted by atomic mass is 35.5. The molecule has 2 aromatic rings. The number of benzene rings is 2. The van der Waals surface area contributed by atoms with Gasteiger partial charge in [0.2, 0.25) is 5.91 Å². The number of ether oxygens (including phenoxy) is 1. The Balaban J connectivity index is 2.06. The third-order valence-electron chi connectivity index (χ3n) is 3.82. The molecule has 0 saturated carbocycles. The van der Waals surface area contributed by atoms with Gasteiger partial charge in [-0.1, -0.05) is 42.8 Å². The topological polar surface area (TPSA) is 38.3 Å². The van der Waals surface area contributed by atoms with E-state index in [1.165, 1.54) is 0 Å². The van der Waals surface area contributed by atoms with Crippen molar-refractivity contribution in [2.75, 3.05) is 7.11 Å². The summed E-state index contributed by atoms with van der Waals surface area (Å²) in [7, 11) is 1.66. The molecule has 1 amide bonds. The summed E-state index contributed by atoms with van der Waals surface area (Å²) in [5.74, 6) is 0.849. The van der Waals surface area contributed by atoms with Gasteiger partial charge in [-0.05, 0) is 48.2 Å². The van der Waals surface area contributed by atoms with Crippen LogP contribution < -0.4 is 10.1 Å². The summed E-state index contributed by atoms with van der Waals surface area (Å²) < 4.78 is 5.28. The van der Waals surface area contributed by atoms with Crippen LogP contribution >= 0.6 is 11.6 Å². The number of aryl methyl sites for hydroxylation is 1. The van der Waals surface area contributed by atoms with Crippen LogP contribution in [0.5, 0.6) is 5.75 Å². The molecule has 0 aliphatic rings. The van der Waals surface area contributed by atoms with Gasteiger partial charge in [0.05, 0.1) is 19.6 Å². The van der Waals surface area contributed by atoms with E-state index in [0.29, 0.717) is 11.4 Å². The van der Waals surface area contributed by atoms with Crippen LogP contribution in [0.2, 0.25) is 5.02 Å². The smallest absolute Gasteiger partial charge is 0.224 e. The molecule has 0 unspecified atom stereocenters. The first-order valence-electron chi connectivity index (χ1n) is 7.71. The summed E-state index contributed by atoms with van der Waals surface area (Å²) >= 11 is 5.96.